The van der Waals surface area contributed by atoms with Crippen LogP contribution in [0.5, 0.6) is 11.5 Å². The van der Waals surface area contributed by atoms with Crippen molar-refractivity contribution in [3.63, 3.8) is 0 Å². The number of thiazole rings is 1. The molecule has 0 radical (unpaired) electrons. The van der Waals surface area contributed by atoms with Crippen molar-refractivity contribution >= 4 is 37.5 Å². The number of hydrogen-bond acceptors (Lipinski definition) is 6. The second kappa shape index (κ2) is 7.82. The predicted molar refractivity (Wildman–Crippen MR) is 109 cm³/mol. The molecule has 0 saturated carbocycles. The molecule has 0 aliphatic carbocycles. The molecule has 4 rings (SSSR count). The molecule has 2 aliphatic heterocycles. The lowest BCUT2D eigenvalue weighted by molar-refractivity contribution is -0.122. The summed E-state index contributed by atoms with van der Waals surface area (Å²) in [5.74, 6) is 3.12. The molecule has 1 fully saturated rings. The van der Waals surface area contributed by atoms with Gasteiger partial charge in [-0.3, -0.25) is 4.79 Å². The van der Waals surface area contributed by atoms with Gasteiger partial charge in [-0.1, -0.05) is 17.3 Å². The Labute approximate surface area is 172 Å². The summed E-state index contributed by atoms with van der Waals surface area (Å²) < 4.78 is 39.0. The summed E-state index contributed by atoms with van der Waals surface area (Å²) in [7, 11) is -3.33. The summed E-state index contributed by atoms with van der Waals surface area (Å²) in [5, 5.41) is 0. The summed E-state index contributed by atoms with van der Waals surface area (Å²) in [6.45, 7) is 1.83. The number of aromatic nitrogens is 1. The molecule has 8 nitrogen and oxygen atoms in total. The van der Waals surface area contributed by atoms with Crippen molar-refractivity contribution < 1.29 is 22.7 Å². The van der Waals surface area contributed by atoms with Crippen molar-refractivity contribution in [2.24, 2.45) is 10.9 Å². The van der Waals surface area contributed by atoms with Crippen LogP contribution in [0, 0.1) is 18.3 Å². The van der Waals surface area contributed by atoms with Gasteiger partial charge in [-0.05, 0) is 12.8 Å². The van der Waals surface area contributed by atoms with Crippen LogP contribution in [0.4, 0.5) is 0 Å². The lowest BCUT2D eigenvalue weighted by Gasteiger charge is -2.28. The zero-order chi connectivity index (χ0) is 20.6. The number of piperidine rings is 1. The van der Waals surface area contributed by atoms with Crippen molar-refractivity contribution in [3.05, 3.63) is 16.9 Å². The van der Waals surface area contributed by atoms with Gasteiger partial charge in [-0.15, -0.1) is 6.42 Å². The number of ether oxygens (including phenoxy) is 2. The first-order valence-corrected chi connectivity index (χ1v) is 11.9. The Morgan fingerprint density at radius 3 is 2.76 bits per heavy atom. The Kier molecular flexibility index (Phi) is 5.38. The highest BCUT2D eigenvalue weighted by molar-refractivity contribution is 7.88. The van der Waals surface area contributed by atoms with E-state index in [4.69, 9.17) is 15.9 Å². The van der Waals surface area contributed by atoms with Crippen molar-refractivity contribution in [2.45, 2.75) is 19.4 Å². The third-order valence-corrected chi connectivity index (χ3v) is 7.32. The molecule has 2 aromatic rings. The molecule has 2 aliphatic rings. The third kappa shape index (κ3) is 4.03. The van der Waals surface area contributed by atoms with Crippen LogP contribution in [0.25, 0.3) is 10.2 Å². The van der Waals surface area contributed by atoms with E-state index in [9.17, 15) is 13.2 Å². The first kappa shape index (κ1) is 19.9. The van der Waals surface area contributed by atoms with Gasteiger partial charge in [0.2, 0.25) is 10.0 Å². The first-order chi connectivity index (χ1) is 13.9. The van der Waals surface area contributed by atoms with Gasteiger partial charge >= 0.3 is 0 Å². The standard InChI is InChI=1S/C19H21N3O5S2/c1-3-6-22-14-10-15-16(27-9-8-26-15)11-17(14)28-19(22)20-18(23)13-5-4-7-21(12-13)29(2,24)25/h1,10-11,13H,4-9,12H2,2H3. The van der Waals surface area contributed by atoms with E-state index >= 15 is 0 Å². The van der Waals surface area contributed by atoms with Crippen LogP contribution in [-0.2, 0) is 21.4 Å². The first-order valence-electron chi connectivity index (χ1n) is 9.27. The molecular formula is C19H21N3O5S2. The minimum atomic E-state index is -3.33. The van der Waals surface area contributed by atoms with E-state index in [-0.39, 0.29) is 19.0 Å². The Balaban J connectivity index is 1.72. The van der Waals surface area contributed by atoms with E-state index in [1.54, 1.807) is 4.57 Å². The van der Waals surface area contributed by atoms with E-state index in [0.29, 0.717) is 48.9 Å². The number of nitrogens with zero attached hydrogens (tertiary/aromatic N) is 3. The molecular weight excluding hydrogens is 414 g/mol. The highest BCUT2D eigenvalue weighted by atomic mass is 32.2. The molecule has 1 aromatic heterocycles. The minimum Gasteiger partial charge on any atom is -0.486 e. The highest BCUT2D eigenvalue weighted by Gasteiger charge is 2.30. The van der Waals surface area contributed by atoms with E-state index < -0.39 is 15.9 Å². The molecule has 29 heavy (non-hydrogen) atoms. The second-order valence-corrected chi connectivity index (χ2v) is 10.0. The molecule has 10 heteroatoms. The number of hydrogen-bond donors (Lipinski definition) is 0. The van der Waals surface area contributed by atoms with E-state index in [0.717, 1.165) is 16.5 Å². The molecule has 0 spiro atoms. The van der Waals surface area contributed by atoms with E-state index in [2.05, 4.69) is 10.9 Å². The number of rotatable bonds is 3. The van der Waals surface area contributed by atoms with Gasteiger partial charge in [-0.2, -0.15) is 4.99 Å². The fraction of sp³-hybridized carbons (Fsp3) is 0.474. The molecule has 0 N–H and O–H groups in total. The van der Waals surface area contributed by atoms with Crippen LogP contribution in [0.15, 0.2) is 17.1 Å². The highest BCUT2D eigenvalue weighted by Crippen LogP contribution is 2.35. The van der Waals surface area contributed by atoms with E-state index in [1.165, 1.54) is 15.6 Å². The van der Waals surface area contributed by atoms with Crippen LogP contribution < -0.4 is 14.3 Å². The van der Waals surface area contributed by atoms with Crippen LogP contribution in [0.1, 0.15) is 12.8 Å². The van der Waals surface area contributed by atoms with Gasteiger partial charge in [-0.25, -0.2) is 12.7 Å². The third-order valence-electron chi connectivity index (χ3n) is 5.00. The molecule has 1 unspecified atom stereocenters. The van der Waals surface area contributed by atoms with Crippen LogP contribution >= 0.6 is 11.3 Å². The predicted octanol–water partition coefficient (Wildman–Crippen LogP) is 1.21. The van der Waals surface area contributed by atoms with Gasteiger partial charge < -0.3 is 14.0 Å². The minimum absolute atomic E-state index is 0.164. The van der Waals surface area contributed by atoms with Gasteiger partial charge in [0, 0.05) is 25.2 Å². The lowest BCUT2D eigenvalue weighted by atomic mass is 9.99. The normalized spacial score (nSPS) is 20.6. The molecule has 3 heterocycles. The van der Waals surface area contributed by atoms with Crippen molar-refractivity contribution in [1.82, 2.24) is 8.87 Å². The smallest absolute Gasteiger partial charge is 0.252 e. The maximum atomic E-state index is 12.8. The second-order valence-electron chi connectivity index (χ2n) is 7.05. The van der Waals surface area contributed by atoms with Gasteiger partial charge in [0.05, 0.1) is 28.9 Å². The summed E-state index contributed by atoms with van der Waals surface area (Å²) >= 11 is 1.35. The zero-order valence-corrected chi connectivity index (χ0v) is 17.6. The average molecular weight is 436 g/mol. The Morgan fingerprint density at radius 2 is 2.07 bits per heavy atom. The van der Waals surface area contributed by atoms with Crippen molar-refractivity contribution in [3.8, 4) is 23.8 Å². The lowest BCUT2D eigenvalue weighted by Crippen LogP contribution is -2.41. The van der Waals surface area contributed by atoms with Gasteiger partial charge in [0.25, 0.3) is 5.91 Å². The number of sulfonamides is 1. The number of terminal acetylenes is 1. The average Bonchev–Trinajstić information content (AvgIpc) is 3.02. The monoisotopic (exact) mass is 435 g/mol. The van der Waals surface area contributed by atoms with Crippen LogP contribution in [0.3, 0.4) is 0 Å². The van der Waals surface area contributed by atoms with Gasteiger partial charge in [0.1, 0.15) is 13.2 Å². The Bertz CT molecular complexity index is 1170. The van der Waals surface area contributed by atoms with Crippen LogP contribution in [-0.4, -0.2) is 55.8 Å². The zero-order valence-electron chi connectivity index (χ0n) is 16.0. The topological polar surface area (TPSA) is 90.2 Å². The number of amides is 1. The number of fused-ring (bicyclic) bond motifs is 2. The molecule has 1 amide bonds. The fourth-order valence-corrected chi connectivity index (χ4v) is 5.52. The maximum absolute atomic E-state index is 12.8. The largest absolute Gasteiger partial charge is 0.486 e. The number of benzene rings is 1. The Hall–Kier alpha value is -2.35. The molecule has 1 saturated heterocycles. The molecule has 0 bridgehead atoms. The summed E-state index contributed by atoms with van der Waals surface area (Å²) in [6, 6.07) is 3.73. The molecule has 154 valence electrons. The van der Waals surface area contributed by atoms with Gasteiger partial charge in [0.15, 0.2) is 16.3 Å². The van der Waals surface area contributed by atoms with Crippen LogP contribution in [0.2, 0.25) is 0 Å². The van der Waals surface area contributed by atoms with Crippen molar-refractivity contribution in [1.29, 1.82) is 0 Å². The number of carbonyl (C=O) groups excluding carboxylic acids is 1. The molecule has 1 aromatic carbocycles. The SMILES string of the molecule is C#CCn1c(=NC(=O)C2CCCN(S(C)(=O)=O)C2)sc2cc3c(cc21)OCCO3. The Morgan fingerprint density at radius 1 is 1.34 bits per heavy atom. The fourth-order valence-electron chi connectivity index (χ4n) is 3.57. The molecule has 1 atom stereocenters. The summed E-state index contributed by atoms with van der Waals surface area (Å²) in [5.41, 5.74) is 0.824. The quantitative estimate of drug-likeness (QED) is 0.676. The maximum Gasteiger partial charge on any atom is 0.252 e. The van der Waals surface area contributed by atoms with Crippen molar-refractivity contribution in [2.75, 3.05) is 32.6 Å². The van der Waals surface area contributed by atoms with E-state index in [1.807, 2.05) is 12.1 Å². The summed E-state index contributed by atoms with van der Waals surface area (Å²) in [4.78, 5) is 17.6. The number of carbonyl (C=O) groups is 1. The summed E-state index contributed by atoms with van der Waals surface area (Å²) in [6.07, 6.45) is 7.95.